The zero-order valence-corrected chi connectivity index (χ0v) is 13.6. The van der Waals surface area contributed by atoms with Gasteiger partial charge in [0, 0.05) is 17.3 Å². The third kappa shape index (κ3) is 4.68. The van der Waals surface area contributed by atoms with Crippen LogP contribution < -0.4 is 5.32 Å². The molecule has 0 radical (unpaired) electrons. The minimum atomic E-state index is -1.00. The van der Waals surface area contributed by atoms with E-state index >= 15 is 0 Å². The van der Waals surface area contributed by atoms with Crippen LogP contribution in [0, 0.1) is 6.92 Å². The molecule has 0 spiro atoms. The van der Waals surface area contributed by atoms with Crippen molar-refractivity contribution in [2.45, 2.75) is 31.8 Å². The molecule has 0 aromatic heterocycles. The second-order valence-corrected chi connectivity index (χ2v) is 6.43. The normalized spacial score (nSPS) is 23.1. The number of amides is 1. The van der Waals surface area contributed by atoms with Crippen LogP contribution in [0.4, 0.5) is 5.69 Å². The van der Waals surface area contributed by atoms with Gasteiger partial charge in [0.05, 0.1) is 18.8 Å². The van der Waals surface area contributed by atoms with Gasteiger partial charge in [-0.2, -0.15) is 0 Å². The molecule has 1 aromatic carbocycles. The molecule has 0 aliphatic carbocycles. The average molecular weight is 327 g/mol. The summed E-state index contributed by atoms with van der Waals surface area (Å²) in [5.41, 5.74) is 0.647. The highest BCUT2D eigenvalue weighted by atomic mass is 35.5. The standard InChI is InChI=1S/C16H23ClN2O3/c1-12-9-13(3-4-14(12)17)18-15(21)10-19-7-2-5-16(22,11-20)6-8-19/h3-4,9,20,22H,2,5-8,10-11H2,1H3,(H,18,21). The first-order valence-corrected chi connectivity index (χ1v) is 7.91. The number of aliphatic hydroxyl groups is 2. The van der Waals surface area contributed by atoms with E-state index in [1.807, 2.05) is 17.9 Å². The largest absolute Gasteiger partial charge is 0.393 e. The Labute approximate surface area is 135 Å². The molecular formula is C16H23ClN2O3. The van der Waals surface area contributed by atoms with Crippen LogP contribution in [-0.2, 0) is 4.79 Å². The molecule has 1 heterocycles. The highest BCUT2D eigenvalue weighted by Gasteiger charge is 2.29. The predicted molar refractivity (Wildman–Crippen MR) is 87.1 cm³/mol. The van der Waals surface area contributed by atoms with Crippen molar-refractivity contribution in [2.75, 3.05) is 31.6 Å². The van der Waals surface area contributed by atoms with Crippen LogP contribution in [0.2, 0.25) is 5.02 Å². The third-order valence-electron chi connectivity index (χ3n) is 4.11. The van der Waals surface area contributed by atoms with E-state index in [1.54, 1.807) is 12.1 Å². The Morgan fingerprint density at radius 3 is 2.86 bits per heavy atom. The summed E-state index contributed by atoms with van der Waals surface area (Å²) in [5.74, 6) is -0.0869. The quantitative estimate of drug-likeness (QED) is 0.789. The monoisotopic (exact) mass is 326 g/mol. The number of nitrogens with one attached hydrogen (secondary N) is 1. The zero-order chi connectivity index (χ0) is 16.2. The summed E-state index contributed by atoms with van der Waals surface area (Å²) in [7, 11) is 0. The molecule has 1 saturated heterocycles. The number of rotatable bonds is 4. The highest BCUT2D eigenvalue weighted by molar-refractivity contribution is 6.31. The van der Waals surface area contributed by atoms with Gasteiger partial charge in [-0.1, -0.05) is 11.6 Å². The van der Waals surface area contributed by atoms with E-state index in [0.717, 1.165) is 24.2 Å². The smallest absolute Gasteiger partial charge is 0.238 e. The molecule has 5 nitrogen and oxygen atoms in total. The molecular weight excluding hydrogens is 304 g/mol. The summed E-state index contributed by atoms with van der Waals surface area (Å²) in [6.45, 7) is 3.29. The molecule has 122 valence electrons. The molecule has 1 amide bonds. The number of aliphatic hydroxyl groups excluding tert-OH is 1. The second-order valence-electron chi connectivity index (χ2n) is 6.02. The fourth-order valence-electron chi connectivity index (χ4n) is 2.68. The maximum Gasteiger partial charge on any atom is 0.238 e. The third-order valence-corrected chi connectivity index (χ3v) is 4.54. The minimum absolute atomic E-state index is 0.0869. The lowest BCUT2D eigenvalue weighted by atomic mass is 9.96. The number of carbonyl (C=O) groups excluding carboxylic acids is 1. The van der Waals surface area contributed by atoms with Crippen molar-refractivity contribution in [3.8, 4) is 0 Å². The average Bonchev–Trinajstić information content (AvgIpc) is 2.66. The molecule has 22 heavy (non-hydrogen) atoms. The first-order valence-electron chi connectivity index (χ1n) is 7.53. The molecule has 1 atom stereocenters. The summed E-state index contributed by atoms with van der Waals surface area (Å²) < 4.78 is 0. The number of benzene rings is 1. The van der Waals surface area contributed by atoms with Gasteiger partial charge < -0.3 is 15.5 Å². The molecule has 0 bridgehead atoms. The van der Waals surface area contributed by atoms with E-state index in [-0.39, 0.29) is 19.1 Å². The van der Waals surface area contributed by atoms with Crippen LogP contribution in [0.5, 0.6) is 0 Å². The van der Waals surface area contributed by atoms with Crippen LogP contribution in [0.1, 0.15) is 24.8 Å². The maximum absolute atomic E-state index is 12.1. The van der Waals surface area contributed by atoms with Crippen LogP contribution in [0.3, 0.4) is 0 Å². The SMILES string of the molecule is Cc1cc(NC(=O)CN2CCCC(O)(CO)CC2)ccc1Cl. The van der Waals surface area contributed by atoms with E-state index in [9.17, 15) is 15.0 Å². The number of hydrogen-bond donors (Lipinski definition) is 3. The van der Waals surface area contributed by atoms with Crippen LogP contribution in [0.25, 0.3) is 0 Å². The van der Waals surface area contributed by atoms with Gasteiger partial charge >= 0.3 is 0 Å². The Kier molecular flexibility index (Phi) is 5.81. The lowest BCUT2D eigenvalue weighted by Gasteiger charge is -2.24. The van der Waals surface area contributed by atoms with Gasteiger partial charge in [-0.15, -0.1) is 0 Å². The van der Waals surface area contributed by atoms with Crippen molar-refractivity contribution in [3.05, 3.63) is 28.8 Å². The fraction of sp³-hybridized carbons (Fsp3) is 0.562. The van der Waals surface area contributed by atoms with Gasteiger partial charge in [0.25, 0.3) is 0 Å². The van der Waals surface area contributed by atoms with Gasteiger partial charge in [-0.05, 0) is 56.5 Å². The van der Waals surface area contributed by atoms with Crippen molar-refractivity contribution in [1.82, 2.24) is 4.90 Å². The van der Waals surface area contributed by atoms with E-state index in [0.29, 0.717) is 24.4 Å². The summed E-state index contributed by atoms with van der Waals surface area (Å²) in [6.07, 6.45) is 1.82. The summed E-state index contributed by atoms with van der Waals surface area (Å²) in [4.78, 5) is 14.1. The number of anilines is 1. The van der Waals surface area contributed by atoms with Crippen molar-refractivity contribution in [2.24, 2.45) is 0 Å². The van der Waals surface area contributed by atoms with Gasteiger partial charge in [0.15, 0.2) is 0 Å². The predicted octanol–water partition coefficient (Wildman–Crippen LogP) is 1.80. The van der Waals surface area contributed by atoms with Crippen LogP contribution >= 0.6 is 11.6 Å². The second kappa shape index (κ2) is 7.42. The number of halogens is 1. The maximum atomic E-state index is 12.1. The molecule has 1 aliphatic heterocycles. The van der Waals surface area contributed by atoms with Crippen molar-refractivity contribution < 1.29 is 15.0 Å². The lowest BCUT2D eigenvalue weighted by Crippen LogP contribution is -2.37. The Hall–Kier alpha value is -1.14. The van der Waals surface area contributed by atoms with E-state index < -0.39 is 5.60 Å². The lowest BCUT2D eigenvalue weighted by molar-refractivity contribution is -0.117. The summed E-state index contributed by atoms with van der Waals surface area (Å²) >= 11 is 5.97. The van der Waals surface area contributed by atoms with Crippen LogP contribution in [0.15, 0.2) is 18.2 Å². The first-order chi connectivity index (χ1) is 10.4. The summed E-state index contributed by atoms with van der Waals surface area (Å²) in [5, 5.41) is 22.9. The highest BCUT2D eigenvalue weighted by Crippen LogP contribution is 2.22. The number of likely N-dealkylation sites (tertiary alicyclic amines) is 1. The van der Waals surface area contributed by atoms with Crippen molar-refractivity contribution in [3.63, 3.8) is 0 Å². The Morgan fingerprint density at radius 1 is 1.41 bits per heavy atom. The van der Waals surface area contributed by atoms with Gasteiger partial charge in [-0.25, -0.2) is 0 Å². The Balaban J connectivity index is 1.87. The van der Waals surface area contributed by atoms with Crippen molar-refractivity contribution in [1.29, 1.82) is 0 Å². The van der Waals surface area contributed by atoms with Gasteiger partial charge in [0.2, 0.25) is 5.91 Å². The Morgan fingerprint density at radius 2 is 2.18 bits per heavy atom. The minimum Gasteiger partial charge on any atom is -0.393 e. The molecule has 1 aliphatic rings. The number of carbonyl (C=O) groups is 1. The van der Waals surface area contributed by atoms with Gasteiger partial charge in [0.1, 0.15) is 0 Å². The van der Waals surface area contributed by atoms with Crippen molar-refractivity contribution >= 4 is 23.2 Å². The molecule has 1 unspecified atom stereocenters. The molecule has 2 rings (SSSR count). The summed E-state index contributed by atoms with van der Waals surface area (Å²) in [6, 6.07) is 5.38. The number of aryl methyl sites for hydroxylation is 1. The van der Waals surface area contributed by atoms with Crippen LogP contribution in [-0.4, -0.2) is 52.9 Å². The van der Waals surface area contributed by atoms with E-state index in [2.05, 4.69) is 5.32 Å². The first kappa shape index (κ1) is 17.2. The zero-order valence-electron chi connectivity index (χ0n) is 12.8. The fourth-order valence-corrected chi connectivity index (χ4v) is 2.79. The van der Waals surface area contributed by atoms with E-state index in [4.69, 9.17) is 11.6 Å². The number of hydrogen-bond acceptors (Lipinski definition) is 4. The topological polar surface area (TPSA) is 72.8 Å². The molecule has 1 aromatic rings. The molecule has 3 N–H and O–H groups in total. The number of nitrogens with zero attached hydrogens (tertiary/aromatic N) is 1. The Bertz CT molecular complexity index is 538. The molecule has 6 heteroatoms. The van der Waals surface area contributed by atoms with E-state index in [1.165, 1.54) is 0 Å². The van der Waals surface area contributed by atoms with Gasteiger partial charge in [-0.3, -0.25) is 9.69 Å². The molecule has 1 fully saturated rings. The molecule has 0 saturated carbocycles.